The SMILES string of the molecule is COc1ccc(N=c2oc3ccc(Cl)cc3cc2C(=O)Nc2ccccc2)cc1. The van der Waals surface area contributed by atoms with Gasteiger partial charge in [-0.25, -0.2) is 4.99 Å². The van der Waals surface area contributed by atoms with Gasteiger partial charge in [-0.2, -0.15) is 0 Å². The molecule has 0 bridgehead atoms. The Hall–Kier alpha value is -3.57. The van der Waals surface area contributed by atoms with Gasteiger partial charge in [0.05, 0.1) is 12.8 Å². The number of amides is 1. The molecule has 0 aliphatic rings. The van der Waals surface area contributed by atoms with E-state index in [1.807, 2.05) is 30.3 Å². The molecule has 6 heteroatoms. The van der Waals surface area contributed by atoms with Crippen LogP contribution in [0, 0.1) is 0 Å². The highest BCUT2D eigenvalue weighted by atomic mass is 35.5. The average molecular weight is 405 g/mol. The molecular weight excluding hydrogens is 388 g/mol. The van der Waals surface area contributed by atoms with Crippen molar-refractivity contribution in [3.8, 4) is 5.75 Å². The molecule has 144 valence electrons. The van der Waals surface area contributed by atoms with Crippen LogP contribution < -0.4 is 15.6 Å². The second-order valence-corrected chi connectivity index (χ2v) is 6.71. The lowest BCUT2D eigenvalue weighted by molar-refractivity contribution is 0.102. The maximum absolute atomic E-state index is 13.0. The summed E-state index contributed by atoms with van der Waals surface area (Å²) in [5.74, 6) is 0.394. The summed E-state index contributed by atoms with van der Waals surface area (Å²) < 4.78 is 11.1. The number of hydrogen-bond acceptors (Lipinski definition) is 4. The van der Waals surface area contributed by atoms with Crippen molar-refractivity contribution in [2.24, 2.45) is 4.99 Å². The molecule has 0 unspecified atom stereocenters. The van der Waals surface area contributed by atoms with Crippen molar-refractivity contribution in [2.45, 2.75) is 0 Å². The van der Waals surface area contributed by atoms with Crippen molar-refractivity contribution in [1.29, 1.82) is 0 Å². The molecule has 4 aromatic rings. The van der Waals surface area contributed by atoms with Gasteiger partial charge < -0.3 is 14.5 Å². The van der Waals surface area contributed by atoms with Gasteiger partial charge in [0.15, 0.2) is 0 Å². The molecule has 0 fully saturated rings. The minimum atomic E-state index is -0.325. The minimum absolute atomic E-state index is 0.207. The number of nitrogens with zero attached hydrogens (tertiary/aromatic N) is 1. The molecule has 5 nitrogen and oxygen atoms in total. The number of carbonyl (C=O) groups is 1. The zero-order valence-electron chi connectivity index (χ0n) is 15.6. The molecule has 29 heavy (non-hydrogen) atoms. The molecule has 3 aromatic carbocycles. The van der Waals surface area contributed by atoms with Crippen LogP contribution in [0.5, 0.6) is 5.75 Å². The predicted molar refractivity (Wildman–Crippen MR) is 114 cm³/mol. The van der Waals surface area contributed by atoms with Gasteiger partial charge in [-0.3, -0.25) is 4.79 Å². The van der Waals surface area contributed by atoms with Gasteiger partial charge in [0.25, 0.3) is 5.91 Å². The monoisotopic (exact) mass is 404 g/mol. The van der Waals surface area contributed by atoms with Crippen LogP contribution in [0.15, 0.2) is 88.3 Å². The normalized spacial score (nSPS) is 11.4. The number of para-hydroxylation sites is 1. The number of halogens is 1. The van der Waals surface area contributed by atoms with E-state index < -0.39 is 0 Å². The van der Waals surface area contributed by atoms with E-state index in [2.05, 4.69) is 10.3 Å². The number of ether oxygens (including phenoxy) is 1. The van der Waals surface area contributed by atoms with Crippen LogP contribution in [-0.4, -0.2) is 13.0 Å². The van der Waals surface area contributed by atoms with E-state index in [1.165, 1.54) is 0 Å². The third-order valence-electron chi connectivity index (χ3n) is 4.29. The first kappa shape index (κ1) is 18.8. The fraction of sp³-hybridized carbons (Fsp3) is 0.0435. The van der Waals surface area contributed by atoms with E-state index in [0.29, 0.717) is 32.9 Å². The maximum atomic E-state index is 13.0. The van der Waals surface area contributed by atoms with Gasteiger partial charge in [0, 0.05) is 16.1 Å². The molecule has 0 aliphatic carbocycles. The summed E-state index contributed by atoms with van der Waals surface area (Å²) in [5, 5.41) is 4.14. The minimum Gasteiger partial charge on any atom is -0.497 e. The highest BCUT2D eigenvalue weighted by Crippen LogP contribution is 2.21. The lowest BCUT2D eigenvalue weighted by Gasteiger charge is -2.07. The molecule has 1 amide bonds. The number of fused-ring (bicyclic) bond motifs is 1. The Morgan fingerprint density at radius 1 is 1.00 bits per heavy atom. The van der Waals surface area contributed by atoms with Crippen LogP contribution in [-0.2, 0) is 0 Å². The molecule has 0 atom stereocenters. The standard InChI is InChI=1S/C23H17ClN2O3/c1-28-19-10-8-18(9-11-19)26-23-20(22(27)25-17-5-3-2-4-6-17)14-15-13-16(24)7-12-21(15)29-23/h2-14H,1H3,(H,25,27). The number of hydrogen-bond donors (Lipinski definition) is 1. The van der Waals surface area contributed by atoms with Crippen molar-refractivity contribution in [2.75, 3.05) is 12.4 Å². The second kappa shape index (κ2) is 8.20. The molecule has 4 rings (SSSR count). The zero-order valence-corrected chi connectivity index (χ0v) is 16.3. The predicted octanol–water partition coefficient (Wildman–Crippen LogP) is 5.58. The van der Waals surface area contributed by atoms with Gasteiger partial charge in [0.1, 0.15) is 16.9 Å². The second-order valence-electron chi connectivity index (χ2n) is 6.28. The third-order valence-corrected chi connectivity index (χ3v) is 4.52. The zero-order chi connectivity index (χ0) is 20.2. The van der Waals surface area contributed by atoms with Crippen LogP contribution in [0.2, 0.25) is 5.02 Å². The summed E-state index contributed by atoms with van der Waals surface area (Å²) in [6.45, 7) is 0. The van der Waals surface area contributed by atoms with Crippen LogP contribution >= 0.6 is 11.6 Å². The topological polar surface area (TPSA) is 63.8 Å². The number of carbonyl (C=O) groups excluding carboxylic acids is 1. The Labute approximate surface area is 172 Å². The molecule has 1 aromatic heterocycles. The highest BCUT2D eigenvalue weighted by molar-refractivity contribution is 6.31. The van der Waals surface area contributed by atoms with Crippen molar-refractivity contribution >= 4 is 39.9 Å². The van der Waals surface area contributed by atoms with E-state index in [0.717, 1.165) is 5.75 Å². The maximum Gasteiger partial charge on any atom is 0.261 e. The van der Waals surface area contributed by atoms with E-state index >= 15 is 0 Å². The van der Waals surface area contributed by atoms with Crippen LogP contribution in [0.25, 0.3) is 11.0 Å². The quantitative estimate of drug-likeness (QED) is 0.483. The van der Waals surface area contributed by atoms with E-state index in [-0.39, 0.29) is 11.5 Å². The van der Waals surface area contributed by atoms with Gasteiger partial charge in [-0.15, -0.1) is 0 Å². The first-order chi connectivity index (χ1) is 14.1. The fourth-order valence-corrected chi connectivity index (χ4v) is 3.02. The first-order valence-corrected chi connectivity index (χ1v) is 9.29. The lowest BCUT2D eigenvalue weighted by Crippen LogP contribution is -2.21. The third kappa shape index (κ3) is 4.31. The van der Waals surface area contributed by atoms with Crippen molar-refractivity contribution < 1.29 is 13.9 Å². The summed E-state index contributed by atoms with van der Waals surface area (Å²) in [6, 6.07) is 23.3. The Morgan fingerprint density at radius 2 is 1.76 bits per heavy atom. The summed E-state index contributed by atoms with van der Waals surface area (Å²) in [7, 11) is 1.60. The van der Waals surface area contributed by atoms with E-state index in [4.69, 9.17) is 20.8 Å². The lowest BCUT2D eigenvalue weighted by atomic mass is 10.1. The fourth-order valence-electron chi connectivity index (χ4n) is 2.84. The van der Waals surface area contributed by atoms with E-state index in [9.17, 15) is 4.79 Å². The Kier molecular flexibility index (Phi) is 5.31. The average Bonchev–Trinajstić information content (AvgIpc) is 2.74. The van der Waals surface area contributed by atoms with Gasteiger partial charge >= 0.3 is 0 Å². The summed E-state index contributed by atoms with van der Waals surface area (Å²) in [6.07, 6.45) is 0. The highest BCUT2D eigenvalue weighted by Gasteiger charge is 2.13. The molecule has 0 radical (unpaired) electrons. The Balaban J connectivity index is 1.84. The number of nitrogens with one attached hydrogen (secondary N) is 1. The number of anilines is 1. The number of rotatable bonds is 4. The first-order valence-electron chi connectivity index (χ1n) is 8.91. The molecule has 1 N–H and O–H groups in total. The van der Waals surface area contributed by atoms with Crippen LogP contribution in [0.3, 0.4) is 0 Å². The molecule has 0 spiro atoms. The van der Waals surface area contributed by atoms with E-state index in [1.54, 1.807) is 55.6 Å². The van der Waals surface area contributed by atoms with Crippen molar-refractivity contribution in [1.82, 2.24) is 0 Å². The summed E-state index contributed by atoms with van der Waals surface area (Å²) in [4.78, 5) is 17.5. The number of methoxy groups -OCH3 is 1. The molecule has 0 saturated carbocycles. The molecule has 1 heterocycles. The molecule has 0 saturated heterocycles. The van der Waals surface area contributed by atoms with Crippen molar-refractivity contribution in [3.05, 3.63) is 95.0 Å². The Morgan fingerprint density at radius 3 is 2.48 bits per heavy atom. The van der Waals surface area contributed by atoms with Gasteiger partial charge in [0.2, 0.25) is 5.55 Å². The van der Waals surface area contributed by atoms with Gasteiger partial charge in [-0.1, -0.05) is 29.8 Å². The largest absolute Gasteiger partial charge is 0.497 e. The van der Waals surface area contributed by atoms with Crippen LogP contribution in [0.4, 0.5) is 11.4 Å². The smallest absolute Gasteiger partial charge is 0.261 e. The number of benzene rings is 3. The molecule has 0 aliphatic heterocycles. The molecular formula is C23H17ClN2O3. The van der Waals surface area contributed by atoms with Crippen LogP contribution in [0.1, 0.15) is 10.4 Å². The Bertz CT molecular complexity index is 1230. The summed E-state index contributed by atoms with van der Waals surface area (Å²) >= 11 is 6.10. The van der Waals surface area contributed by atoms with Gasteiger partial charge in [-0.05, 0) is 60.7 Å². The summed E-state index contributed by atoms with van der Waals surface area (Å²) in [5.41, 5.74) is 2.41. The van der Waals surface area contributed by atoms with Crippen molar-refractivity contribution in [3.63, 3.8) is 0 Å².